The van der Waals surface area contributed by atoms with Gasteiger partial charge in [-0.1, -0.05) is 13.0 Å². The average molecular weight is 390 g/mol. The van der Waals surface area contributed by atoms with Crippen molar-refractivity contribution in [2.75, 3.05) is 31.6 Å². The highest BCUT2D eigenvalue weighted by atomic mass is 127. The van der Waals surface area contributed by atoms with Gasteiger partial charge in [-0.3, -0.25) is 14.5 Å². The number of esters is 1. The van der Waals surface area contributed by atoms with Gasteiger partial charge in [0.2, 0.25) is 5.91 Å². The summed E-state index contributed by atoms with van der Waals surface area (Å²) < 4.78 is 5.93. The van der Waals surface area contributed by atoms with Gasteiger partial charge in [0, 0.05) is 9.26 Å². The number of halogens is 1. The molecule has 0 radical (unpaired) electrons. The van der Waals surface area contributed by atoms with Gasteiger partial charge >= 0.3 is 5.97 Å². The minimum Gasteiger partial charge on any atom is -0.465 e. The third-order valence-electron chi connectivity index (χ3n) is 2.58. The maximum atomic E-state index is 11.9. The van der Waals surface area contributed by atoms with E-state index in [-0.39, 0.29) is 25.0 Å². The quantitative estimate of drug-likeness (QED) is 0.573. The second-order valence-electron chi connectivity index (χ2n) is 4.17. The summed E-state index contributed by atoms with van der Waals surface area (Å²) in [5.74, 6) is -0.449. The van der Waals surface area contributed by atoms with E-state index < -0.39 is 0 Å². The van der Waals surface area contributed by atoms with Crippen LogP contribution < -0.4 is 5.32 Å². The van der Waals surface area contributed by atoms with E-state index in [1.54, 1.807) is 11.8 Å². The first-order chi connectivity index (χ1) is 9.55. The highest BCUT2D eigenvalue weighted by Crippen LogP contribution is 2.12. The van der Waals surface area contributed by atoms with Crippen molar-refractivity contribution in [3.8, 4) is 0 Å². The predicted molar refractivity (Wildman–Crippen MR) is 86.5 cm³/mol. The maximum absolute atomic E-state index is 11.9. The first kappa shape index (κ1) is 16.9. The Morgan fingerprint density at radius 3 is 2.65 bits per heavy atom. The van der Waals surface area contributed by atoms with Crippen LogP contribution in [0.25, 0.3) is 0 Å². The number of nitrogens with one attached hydrogen (secondary N) is 1. The Bertz CT molecular complexity index is 465. The minimum absolute atomic E-state index is 0.129. The van der Waals surface area contributed by atoms with Crippen LogP contribution in [-0.4, -0.2) is 43.0 Å². The van der Waals surface area contributed by atoms with Gasteiger partial charge in [0.1, 0.15) is 0 Å². The molecule has 0 spiro atoms. The third kappa shape index (κ3) is 6.33. The molecule has 110 valence electrons. The lowest BCUT2D eigenvalue weighted by molar-refractivity contribution is -0.144. The normalized spacial score (nSPS) is 10.4. The van der Waals surface area contributed by atoms with Crippen LogP contribution >= 0.6 is 22.6 Å². The summed E-state index contributed by atoms with van der Waals surface area (Å²) >= 11 is 2.19. The van der Waals surface area contributed by atoms with E-state index in [1.807, 2.05) is 31.2 Å². The number of likely N-dealkylation sites (N-methyl/N-ethyl adjacent to an activating group) is 1. The van der Waals surface area contributed by atoms with Crippen molar-refractivity contribution in [3.63, 3.8) is 0 Å². The Labute approximate surface area is 132 Å². The molecule has 0 aliphatic heterocycles. The fraction of sp³-hybridized carbons (Fsp3) is 0.429. The molecule has 0 saturated heterocycles. The summed E-state index contributed by atoms with van der Waals surface area (Å²) in [5.41, 5.74) is 0.758. The molecule has 0 atom stereocenters. The van der Waals surface area contributed by atoms with Crippen molar-refractivity contribution >= 4 is 40.2 Å². The molecule has 1 rings (SSSR count). The zero-order valence-electron chi connectivity index (χ0n) is 11.7. The van der Waals surface area contributed by atoms with Gasteiger partial charge in [0.25, 0.3) is 0 Å². The molecular formula is C14H19IN2O3. The van der Waals surface area contributed by atoms with E-state index in [0.29, 0.717) is 13.2 Å². The van der Waals surface area contributed by atoms with E-state index in [0.717, 1.165) is 9.26 Å². The second-order valence-corrected chi connectivity index (χ2v) is 5.41. The van der Waals surface area contributed by atoms with Crippen molar-refractivity contribution in [2.45, 2.75) is 13.8 Å². The van der Waals surface area contributed by atoms with E-state index in [9.17, 15) is 9.59 Å². The van der Waals surface area contributed by atoms with E-state index in [4.69, 9.17) is 4.74 Å². The lowest BCUT2D eigenvalue weighted by Crippen LogP contribution is -2.37. The first-order valence-corrected chi connectivity index (χ1v) is 7.56. The van der Waals surface area contributed by atoms with Gasteiger partial charge in [-0.25, -0.2) is 0 Å². The van der Waals surface area contributed by atoms with Crippen molar-refractivity contribution in [3.05, 3.63) is 27.8 Å². The maximum Gasteiger partial charge on any atom is 0.320 e. The molecule has 1 aromatic rings. The van der Waals surface area contributed by atoms with Gasteiger partial charge in [0.05, 0.1) is 19.7 Å². The lowest BCUT2D eigenvalue weighted by atomic mass is 10.3. The molecule has 0 aliphatic carbocycles. The van der Waals surface area contributed by atoms with Crippen molar-refractivity contribution < 1.29 is 14.3 Å². The summed E-state index contributed by atoms with van der Waals surface area (Å²) in [5, 5.41) is 2.82. The monoisotopic (exact) mass is 390 g/mol. The molecule has 20 heavy (non-hydrogen) atoms. The zero-order valence-corrected chi connectivity index (χ0v) is 13.8. The van der Waals surface area contributed by atoms with Gasteiger partial charge in [-0.15, -0.1) is 0 Å². The van der Waals surface area contributed by atoms with Crippen LogP contribution in [0.15, 0.2) is 24.3 Å². The second kappa shape index (κ2) is 8.91. The smallest absolute Gasteiger partial charge is 0.320 e. The number of rotatable bonds is 7. The Morgan fingerprint density at radius 2 is 2.05 bits per heavy atom. The average Bonchev–Trinajstić information content (AvgIpc) is 2.38. The summed E-state index contributed by atoms with van der Waals surface area (Å²) in [7, 11) is 0. The molecule has 6 heteroatoms. The first-order valence-electron chi connectivity index (χ1n) is 6.48. The molecule has 0 bridgehead atoms. The Morgan fingerprint density at radius 1 is 1.30 bits per heavy atom. The molecule has 0 fully saturated rings. The SMILES string of the molecule is CCOC(=O)CN(CC)CC(=O)Nc1cccc(I)c1. The number of carbonyl (C=O) groups excluding carboxylic acids is 2. The molecule has 5 nitrogen and oxygen atoms in total. The molecule has 1 amide bonds. The number of hydrogen-bond donors (Lipinski definition) is 1. The molecule has 0 unspecified atom stereocenters. The fourth-order valence-electron chi connectivity index (χ4n) is 1.64. The third-order valence-corrected chi connectivity index (χ3v) is 3.25. The summed E-state index contributed by atoms with van der Waals surface area (Å²) in [6.45, 7) is 4.92. The number of nitrogens with zero attached hydrogens (tertiary/aromatic N) is 1. The standard InChI is InChI=1S/C14H19IN2O3/c1-3-17(10-14(19)20-4-2)9-13(18)16-12-7-5-6-11(15)8-12/h5-8H,3-4,9-10H2,1-2H3,(H,16,18). The van der Waals surface area contributed by atoms with Crippen molar-refractivity contribution in [1.29, 1.82) is 0 Å². The van der Waals surface area contributed by atoms with Crippen LogP contribution in [0, 0.1) is 3.57 Å². The number of amides is 1. The lowest BCUT2D eigenvalue weighted by Gasteiger charge is -2.18. The largest absolute Gasteiger partial charge is 0.465 e. The van der Waals surface area contributed by atoms with Crippen LogP contribution in [0.2, 0.25) is 0 Å². The highest BCUT2D eigenvalue weighted by molar-refractivity contribution is 14.1. The van der Waals surface area contributed by atoms with Crippen molar-refractivity contribution in [2.24, 2.45) is 0 Å². The zero-order chi connectivity index (χ0) is 15.0. The summed E-state index contributed by atoms with van der Waals surface area (Å²) in [6.07, 6.45) is 0. The van der Waals surface area contributed by atoms with E-state index in [1.165, 1.54) is 0 Å². The van der Waals surface area contributed by atoms with Crippen LogP contribution in [0.5, 0.6) is 0 Å². The number of ether oxygens (including phenoxy) is 1. The fourth-order valence-corrected chi connectivity index (χ4v) is 2.18. The highest BCUT2D eigenvalue weighted by Gasteiger charge is 2.13. The van der Waals surface area contributed by atoms with E-state index in [2.05, 4.69) is 27.9 Å². The molecule has 0 aromatic heterocycles. The van der Waals surface area contributed by atoms with Crippen molar-refractivity contribution in [1.82, 2.24) is 4.90 Å². The van der Waals surface area contributed by atoms with Crippen LogP contribution in [0.1, 0.15) is 13.8 Å². The predicted octanol–water partition coefficient (Wildman–Crippen LogP) is 2.11. The number of carbonyl (C=O) groups is 2. The minimum atomic E-state index is -0.309. The summed E-state index contributed by atoms with van der Waals surface area (Å²) in [4.78, 5) is 25.1. The topological polar surface area (TPSA) is 58.6 Å². The molecule has 0 heterocycles. The Balaban J connectivity index is 2.48. The van der Waals surface area contributed by atoms with Crippen LogP contribution in [0.3, 0.4) is 0 Å². The number of benzene rings is 1. The van der Waals surface area contributed by atoms with Crippen LogP contribution in [0.4, 0.5) is 5.69 Å². The van der Waals surface area contributed by atoms with E-state index >= 15 is 0 Å². The molecule has 1 aromatic carbocycles. The molecular weight excluding hydrogens is 371 g/mol. The Hall–Kier alpha value is -1.15. The number of anilines is 1. The van der Waals surface area contributed by atoms with Gasteiger partial charge < -0.3 is 10.1 Å². The Kier molecular flexibility index (Phi) is 7.53. The summed E-state index contributed by atoms with van der Waals surface area (Å²) in [6, 6.07) is 7.56. The van der Waals surface area contributed by atoms with Gasteiger partial charge in [0.15, 0.2) is 0 Å². The molecule has 0 aliphatic rings. The molecule has 1 N–H and O–H groups in total. The molecule has 0 saturated carbocycles. The number of hydrogen-bond acceptors (Lipinski definition) is 4. The van der Waals surface area contributed by atoms with Crippen LogP contribution in [-0.2, 0) is 14.3 Å². The van der Waals surface area contributed by atoms with Gasteiger partial charge in [-0.05, 0) is 54.3 Å². The van der Waals surface area contributed by atoms with Gasteiger partial charge in [-0.2, -0.15) is 0 Å².